The van der Waals surface area contributed by atoms with E-state index in [0.717, 1.165) is 30.3 Å². The quantitative estimate of drug-likeness (QED) is 0.839. The molecular weight excluding hydrogens is 298 g/mol. The van der Waals surface area contributed by atoms with E-state index < -0.39 is 10.0 Å². The van der Waals surface area contributed by atoms with E-state index in [-0.39, 0.29) is 9.08 Å². The molecule has 1 aliphatic heterocycles. The molecule has 0 spiro atoms. The van der Waals surface area contributed by atoms with Crippen LogP contribution in [0, 0.1) is 12.8 Å². The van der Waals surface area contributed by atoms with Gasteiger partial charge >= 0.3 is 4.87 Å². The van der Waals surface area contributed by atoms with Crippen molar-refractivity contribution in [3.05, 3.63) is 15.4 Å². The molecule has 6 nitrogen and oxygen atoms in total. The number of H-pyrrole nitrogens is 1. The van der Waals surface area contributed by atoms with Crippen LogP contribution in [0.25, 0.3) is 0 Å². The number of aryl methyl sites for hydroxylation is 1. The third-order valence-corrected chi connectivity index (χ3v) is 6.69. The lowest BCUT2D eigenvalue weighted by Gasteiger charge is -2.30. The second-order valence-electron chi connectivity index (χ2n) is 5.35. The van der Waals surface area contributed by atoms with Crippen LogP contribution in [0.3, 0.4) is 0 Å². The smallest absolute Gasteiger partial charge is 0.305 e. The van der Waals surface area contributed by atoms with Gasteiger partial charge in [0.15, 0.2) is 4.21 Å². The Hall–Kier alpha value is -0.700. The summed E-state index contributed by atoms with van der Waals surface area (Å²) >= 11 is 0.732. The first-order chi connectivity index (χ1) is 9.38. The fourth-order valence-corrected chi connectivity index (χ4v) is 4.70. The van der Waals surface area contributed by atoms with E-state index in [1.807, 2.05) is 0 Å². The summed E-state index contributed by atoms with van der Waals surface area (Å²) in [7, 11) is -3.57. The fraction of sp³-hybridized carbons (Fsp3) is 0.750. The van der Waals surface area contributed by atoms with E-state index in [2.05, 4.69) is 21.5 Å². The van der Waals surface area contributed by atoms with Gasteiger partial charge in [-0.1, -0.05) is 18.3 Å². The van der Waals surface area contributed by atoms with Crippen molar-refractivity contribution in [3.8, 4) is 0 Å². The van der Waals surface area contributed by atoms with Crippen LogP contribution < -0.4 is 9.60 Å². The van der Waals surface area contributed by atoms with E-state index in [1.54, 1.807) is 6.92 Å². The first kappa shape index (κ1) is 15.7. The van der Waals surface area contributed by atoms with Crippen LogP contribution in [0.1, 0.15) is 25.5 Å². The van der Waals surface area contributed by atoms with Crippen molar-refractivity contribution in [3.63, 3.8) is 0 Å². The Labute approximate surface area is 123 Å². The Morgan fingerprint density at radius 3 is 2.60 bits per heavy atom. The van der Waals surface area contributed by atoms with Gasteiger partial charge in [0.25, 0.3) is 10.0 Å². The summed E-state index contributed by atoms with van der Waals surface area (Å²) in [6.07, 6.45) is 2.34. The molecule has 8 heteroatoms. The van der Waals surface area contributed by atoms with Crippen molar-refractivity contribution >= 4 is 21.4 Å². The second kappa shape index (κ2) is 6.38. The molecule has 1 aliphatic rings. The molecule has 1 aromatic heterocycles. The van der Waals surface area contributed by atoms with Gasteiger partial charge < -0.3 is 9.88 Å². The van der Waals surface area contributed by atoms with Crippen molar-refractivity contribution in [2.24, 2.45) is 5.92 Å². The molecule has 2 heterocycles. The average molecular weight is 319 g/mol. The van der Waals surface area contributed by atoms with Crippen LogP contribution >= 0.6 is 11.3 Å². The second-order valence-corrected chi connectivity index (χ2v) is 8.29. The maximum atomic E-state index is 12.1. The molecule has 0 atom stereocenters. The van der Waals surface area contributed by atoms with Crippen molar-refractivity contribution in [2.75, 3.05) is 26.2 Å². The van der Waals surface area contributed by atoms with Gasteiger partial charge in [-0.15, -0.1) is 0 Å². The lowest BCUT2D eigenvalue weighted by molar-refractivity contribution is 0.195. The zero-order valence-electron chi connectivity index (χ0n) is 11.8. The van der Waals surface area contributed by atoms with Crippen LogP contribution in [0.4, 0.5) is 0 Å². The highest BCUT2D eigenvalue weighted by Gasteiger charge is 2.21. The number of hydrogen-bond donors (Lipinski definition) is 2. The topological polar surface area (TPSA) is 82.3 Å². The van der Waals surface area contributed by atoms with Gasteiger partial charge in [-0.2, -0.15) is 0 Å². The number of sulfonamides is 1. The van der Waals surface area contributed by atoms with Gasteiger partial charge in [0.05, 0.1) is 0 Å². The molecule has 0 saturated carbocycles. The predicted octanol–water partition coefficient (Wildman–Crippen LogP) is 0.755. The van der Waals surface area contributed by atoms with Gasteiger partial charge in [-0.3, -0.25) is 4.79 Å². The average Bonchev–Trinajstić information content (AvgIpc) is 2.72. The lowest BCUT2D eigenvalue weighted by atomic mass is 9.99. The number of aromatic amines is 1. The van der Waals surface area contributed by atoms with Crippen molar-refractivity contribution in [1.82, 2.24) is 14.6 Å². The molecule has 0 radical (unpaired) electrons. The number of aromatic nitrogens is 1. The summed E-state index contributed by atoms with van der Waals surface area (Å²) in [4.78, 5) is 15.6. The number of hydrogen-bond acceptors (Lipinski definition) is 5. The normalized spacial score (nSPS) is 18.5. The minimum atomic E-state index is -3.57. The summed E-state index contributed by atoms with van der Waals surface area (Å²) in [5.41, 5.74) is 0.402. The third kappa shape index (κ3) is 3.91. The van der Waals surface area contributed by atoms with Crippen molar-refractivity contribution in [2.45, 2.75) is 30.9 Å². The Morgan fingerprint density at radius 1 is 1.40 bits per heavy atom. The molecule has 0 aromatic carbocycles. The maximum absolute atomic E-state index is 12.1. The summed E-state index contributed by atoms with van der Waals surface area (Å²) in [6, 6.07) is 0. The van der Waals surface area contributed by atoms with E-state index in [4.69, 9.17) is 0 Å². The SMILES string of the molecule is Cc1[nH]c(=O)sc1S(=O)(=O)NCCN1CCC(C)CC1. The molecule has 0 bridgehead atoms. The Bertz CT molecular complexity index is 598. The van der Waals surface area contributed by atoms with E-state index >= 15 is 0 Å². The van der Waals surface area contributed by atoms with Gasteiger partial charge in [-0.25, -0.2) is 13.1 Å². The lowest BCUT2D eigenvalue weighted by Crippen LogP contribution is -2.39. The molecule has 1 aromatic rings. The Morgan fingerprint density at radius 2 is 2.05 bits per heavy atom. The van der Waals surface area contributed by atoms with E-state index in [9.17, 15) is 13.2 Å². The van der Waals surface area contributed by atoms with Gasteiger partial charge in [0.2, 0.25) is 0 Å². The van der Waals surface area contributed by atoms with Crippen molar-refractivity contribution < 1.29 is 8.42 Å². The molecule has 114 valence electrons. The number of nitrogens with one attached hydrogen (secondary N) is 2. The molecule has 2 N–H and O–H groups in total. The molecule has 1 saturated heterocycles. The highest BCUT2D eigenvalue weighted by molar-refractivity contribution is 7.91. The van der Waals surface area contributed by atoms with Gasteiger partial charge in [-0.05, 0) is 38.8 Å². The summed E-state index contributed by atoms with van der Waals surface area (Å²) in [5.74, 6) is 0.766. The largest absolute Gasteiger partial charge is 0.315 e. The number of rotatable bonds is 5. The highest BCUT2D eigenvalue weighted by Crippen LogP contribution is 2.16. The van der Waals surface area contributed by atoms with Crippen LogP contribution in [-0.4, -0.2) is 44.5 Å². The van der Waals surface area contributed by atoms with Gasteiger partial charge in [0, 0.05) is 18.8 Å². The van der Waals surface area contributed by atoms with Crippen LogP contribution in [-0.2, 0) is 10.0 Å². The fourth-order valence-electron chi connectivity index (χ4n) is 2.34. The zero-order valence-corrected chi connectivity index (χ0v) is 13.4. The summed E-state index contributed by atoms with van der Waals surface area (Å²) in [6.45, 7) is 6.99. The number of nitrogens with zero attached hydrogens (tertiary/aromatic N) is 1. The first-order valence-corrected chi connectivity index (χ1v) is 9.10. The van der Waals surface area contributed by atoms with Crippen LogP contribution in [0.5, 0.6) is 0 Å². The minimum absolute atomic E-state index is 0.0924. The Balaban J connectivity index is 1.87. The van der Waals surface area contributed by atoms with E-state index in [0.29, 0.717) is 18.8 Å². The third-order valence-electron chi connectivity index (χ3n) is 3.62. The molecule has 0 amide bonds. The number of likely N-dealkylation sites (tertiary alicyclic amines) is 1. The number of thiazole rings is 1. The standard InChI is InChI=1S/C12H21N3O3S2/c1-9-3-6-15(7-4-9)8-5-13-20(17,18)11-10(2)14-12(16)19-11/h9,13H,3-8H2,1-2H3,(H,14,16). The molecule has 0 aliphatic carbocycles. The minimum Gasteiger partial charge on any atom is -0.315 e. The molecule has 0 unspecified atom stereocenters. The van der Waals surface area contributed by atoms with Crippen molar-refractivity contribution in [1.29, 1.82) is 0 Å². The maximum Gasteiger partial charge on any atom is 0.305 e. The molecule has 2 rings (SSSR count). The molecular formula is C12H21N3O3S2. The van der Waals surface area contributed by atoms with Crippen LogP contribution in [0.15, 0.2) is 9.00 Å². The molecule has 1 fully saturated rings. The highest BCUT2D eigenvalue weighted by atomic mass is 32.2. The summed E-state index contributed by atoms with van der Waals surface area (Å²) < 4.78 is 26.8. The van der Waals surface area contributed by atoms with Crippen LogP contribution in [0.2, 0.25) is 0 Å². The monoisotopic (exact) mass is 319 g/mol. The molecule has 20 heavy (non-hydrogen) atoms. The predicted molar refractivity (Wildman–Crippen MR) is 79.7 cm³/mol. The zero-order chi connectivity index (χ0) is 14.8. The Kier molecular flexibility index (Phi) is 5.00. The summed E-state index contributed by atoms with van der Waals surface area (Å²) in [5, 5.41) is 0. The number of piperidine rings is 1. The first-order valence-electron chi connectivity index (χ1n) is 6.80. The van der Waals surface area contributed by atoms with Gasteiger partial charge in [0.1, 0.15) is 0 Å². The van der Waals surface area contributed by atoms with E-state index in [1.165, 1.54) is 12.8 Å².